The average Bonchev–Trinajstić information content (AvgIpc) is 4.06. The fourth-order valence-corrected chi connectivity index (χ4v) is 9.43. The Hall–Kier alpha value is -7.11. The second-order valence-corrected chi connectivity index (χ2v) is 19.8. The number of nitrogen functional groups attached to an aromatic ring is 2. The Balaban J connectivity index is 0.991. The molecule has 2 fully saturated rings. The molecule has 2 saturated heterocycles. The summed E-state index contributed by atoms with van der Waals surface area (Å²) in [6.07, 6.45) is -12.1. The van der Waals surface area contributed by atoms with Gasteiger partial charge in [-0.2, -0.15) is 4.98 Å². The van der Waals surface area contributed by atoms with Crippen LogP contribution in [-0.2, 0) is 70.7 Å². The van der Waals surface area contributed by atoms with E-state index in [-0.39, 0.29) is 48.2 Å². The van der Waals surface area contributed by atoms with Crippen LogP contribution in [0.5, 0.6) is 0 Å². The predicted octanol–water partition coefficient (Wildman–Crippen LogP) is 1.49. The van der Waals surface area contributed by atoms with E-state index in [4.69, 9.17) is 39.5 Å². The molecule has 0 bridgehead atoms. The number of rotatable bonds is 20. The van der Waals surface area contributed by atoms with Crippen LogP contribution >= 0.6 is 15.6 Å². The summed E-state index contributed by atoms with van der Waals surface area (Å²) < 4.78 is 79.0. The zero-order valence-corrected chi connectivity index (χ0v) is 41.4. The van der Waals surface area contributed by atoms with Crippen molar-refractivity contribution in [2.24, 2.45) is 0 Å². The smallest absolute Gasteiger partial charge is 0.455 e. The van der Waals surface area contributed by atoms with Gasteiger partial charge < -0.3 is 60.6 Å². The van der Waals surface area contributed by atoms with Crippen LogP contribution in [0.15, 0.2) is 109 Å². The van der Waals surface area contributed by atoms with Crippen molar-refractivity contribution in [1.82, 2.24) is 34.0 Å². The van der Waals surface area contributed by atoms with Crippen molar-refractivity contribution in [2.75, 3.05) is 37.0 Å². The second kappa shape index (κ2) is 23.4. The highest BCUT2D eigenvalue weighted by molar-refractivity contribution is 7.47. The molecule has 3 aromatic heterocycles. The molecule has 76 heavy (non-hydrogen) atoms. The normalized spacial score (nSPS) is 22.7. The summed E-state index contributed by atoms with van der Waals surface area (Å²) in [6, 6.07) is 20.0. The lowest BCUT2D eigenvalue weighted by Crippen LogP contribution is -2.48. The lowest BCUT2D eigenvalue weighted by atomic mass is 10.0. The molecule has 404 valence electrons. The minimum absolute atomic E-state index is 0.00279. The Morgan fingerprint density at radius 2 is 1.47 bits per heavy atom. The van der Waals surface area contributed by atoms with Gasteiger partial charge in [-0.1, -0.05) is 54.6 Å². The van der Waals surface area contributed by atoms with Crippen LogP contribution in [0.25, 0.3) is 11.2 Å². The number of carbonyl (C=O) groups is 3. The van der Waals surface area contributed by atoms with Gasteiger partial charge in [0.05, 0.1) is 26.0 Å². The van der Waals surface area contributed by atoms with E-state index < -0.39 is 108 Å². The van der Waals surface area contributed by atoms with Crippen molar-refractivity contribution < 1.29 is 85.3 Å². The number of benzene rings is 3. The van der Waals surface area contributed by atoms with Gasteiger partial charge in [0.1, 0.15) is 66.6 Å². The first-order chi connectivity index (χ1) is 36.1. The number of likely N-dealkylation sites (N-methyl/N-ethyl adjacent to an activating group) is 1. The summed E-state index contributed by atoms with van der Waals surface area (Å²) in [4.78, 5) is 100. The molecule has 0 saturated carbocycles. The number of carbonyl (C=O) groups excluding carboxylic acids is 3. The number of fused-ring (bicyclic) bond motifs is 1. The number of esters is 1. The molecule has 31 heteroatoms. The van der Waals surface area contributed by atoms with Gasteiger partial charge in [0.15, 0.2) is 30.0 Å². The van der Waals surface area contributed by atoms with Gasteiger partial charge in [-0.3, -0.25) is 32.4 Å². The number of hydrogen-bond acceptors (Lipinski definition) is 21. The van der Waals surface area contributed by atoms with Gasteiger partial charge in [0, 0.05) is 25.4 Å². The maximum atomic E-state index is 14.5. The molecule has 0 spiro atoms. The van der Waals surface area contributed by atoms with Crippen LogP contribution in [0.2, 0.25) is 0 Å². The molecule has 0 aliphatic carbocycles. The number of imidazole rings is 1. The van der Waals surface area contributed by atoms with Crippen molar-refractivity contribution >= 4 is 62.1 Å². The Morgan fingerprint density at radius 1 is 0.829 bits per heavy atom. The third-order valence-corrected chi connectivity index (χ3v) is 13.4. The van der Waals surface area contributed by atoms with E-state index in [1.165, 1.54) is 42.2 Å². The lowest BCUT2D eigenvalue weighted by molar-refractivity contribution is -0.162. The third kappa shape index (κ3) is 13.5. The number of phosphoric ester groups is 2. The number of amides is 2. The first-order valence-electron chi connectivity index (χ1n) is 22.7. The van der Waals surface area contributed by atoms with Crippen LogP contribution < -0.4 is 22.5 Å². The number of anilines is 3. The highest BCUT2D eigenvalue weighted by Crippen LogP contribution is 2.50. The molecule has 2 aliphatic rings. The van der Waals surface area contributed by atoms with Crippen molar-refractivity contribution in [3.05, 3.63) is 137 Å². The number of aliphatic hydroxyl groups is 2. The fourth-order valence-electron chi connectivity index (χ4n) is 8.12. The first-order valence-corrected chi connectivity index (χ1v) is 25.7. The fraction of sp³-hybridized carbons (Fsp3) is 0.333. The average molecular weight is 1100 g/mol. The third-order valence-electron chi connectivity index (χ3n) is 11.9. The molecule has 2 aliphatic heterocycles. The number of phosphoric acid groups is 2. The van der Waals surface area contributed by atoms with E-state index in [0.29, 0.717) is 22.4 Å². The summed E-state index contributed by atoms with van der Waals surface area (Å²) >= 11 is 0. The molecule has 10 N–H and O–H groups in total. The Bertz CT molecular complexity index is 3190. The second-order valence-electron chi connectivity index (χ2n) is 17.2. The maximum absolute atomic E-state index is 14.5. The predicted molar refractivity (Wildman–Crippen MR) is 258 cm³/mol. The number of halogens is 1. The molecule has 5 heterocycles. The summed E-state index contributed by atoms with van der Waals surface area (Å²) in [5, 5.41) is 25.9. The van der Waals surface area contributed by atoms with Crippen molar-refractivity contribution in [1.29, 1.82) is 0 Å². The standard InChI is InChI=1S/C45H49FN10O18P2/c1-54(45(62)68-19-26-9-13-28(14-10-26)52-33(57)18-25-7-11-27(46)12-8-25)29(17-24-5-3-2-4-6-24)43(60)73-37-30(71-42(35(37)58)56-23-51-34-39(48)49-22-50-40(34)56)21-70-76(66,67)74-38-31(20-69-75(63,64)65)72-41(36(38)59)55-16-15-32(47)53-44(55)61/h2-16,22-23,29-31,35-38,41-42,58-59H,17-21H2,1H3,(H,52,57)(H,66,67)(H2,47,53,61)(H2,48,49,50)(H2,63,64,65)/t29?,30-,31-,35-,36-,37-,38-,41-,42-/m1/s1. The van der Waals surface area contributed by atoms with Crippen LogP contribution in [0.1, 0.15) is 29.1 Å². The molecule has 8 rings (SSSR count). The van der Waals surface area contributed by atoms with Crippen molar-refractivity contribution in [3.8, 4) is 0 Å². The first kappa shape index (κ1) is 55.1. The van der Waals surface area contributed by atoms with Crippen LogP contribution in [0.4, 0.5) is 26.5 Å². The number of hydrogen-bond donors (Lipinski definition) is 8. The number of nitrogens with two attached hydrogens (primary N) is 2. The van der Waals surface area contributed by atoms with Crippen molar-refractivity contribution in [2.45, 2.75) is 74.6 Å². The van der Waals surface area contributed by atoms with E-state index in [1.54, 1.807) is 54.6 Å². The maximum Gasteiger partial charge on any atom is 0.472 e. The number of nitrogens with one attached hydrogen (secondary N) is 1. The molecule has 6 aromatic rings. The Labute approximate surface area is 428 Å². The zero-order chi connectivity index (χ0) is 54.5. The van der Waals surface area contributed by atoms with E-state index in [1.807, 2.05) is 0 Å². The summed E-state index contributed by atoms with van der Waals surface area (Å²) in [6.45, 7) is -2.36. The molecule has 0 radical (unpaired) electrons. The summed E-state index contributed by atoms with van der Waals surface area (Å²) in [5.41, 5.74) is 12.8. The van der Waals surface area contributed by atoms with Gasteiger partial charge in [-0.15, -0.1) is 0 Å². The van der Waals surface area contributed by atoms with Crippen LogP contribution in [0, 0.1) is 5.82 Å². The SMILES string of the molecule is CN(C(=O)OCc1ccc(NC(=O)Cc2ccc(F)cc2)cc1)C(Cc1ccccc1)C(=O)O[C@H]1[C@@H](O)[C@H](n2cnc3c(N)ncnc32)O[C@@H]1COP(=O)(O)O[C@H]1[C@@H](O)[C@H](n2ccc(N)nc2=O)O[C@@H]1COP(=O)(O)O. The highest BCUT2D eigenvalue weighted by atomic mass is 31.2. The van der Waals surface area contributed by atoms with Crippen LogP contribution in [-0.4, -0.2) is 140 Å². The van der Waals surface area contributed by atoms with Gasteiger partial charge in [-0.25, -0.2) is 42.9 Å². The Kier molecular flexibility index (Phi) is 17.0. The topological polar surface area (TPSA) is 397 Å². The zero-order valence-electron chi connectivity index (χ0n) is 39.6. The summed E-state index contributed by atoms with van der Waals surface area (Å²) in [7, 11) is -9.44. The van der Waals surface area contributed by atoms with E-state index in [2.05, 4.69) is 29.8 Å². The minimum atomic E-state index is -5.50. The summed E-state index contributed by atoms with van der Waals surface area (Å²) in [5.74, 6) is -2.15. The minimum Gasteiger partial charge on any atom is -0.455 e. The van der Waals surface area contributed by atoms with E-state index in [0.717, 1.165) is 28.1 Å². The highest BCUT2D eigenvalue weighted by Gasteiger charge is 2.52. The largest absolute Gasteiger partial charge is 0.472 e. The molecule has 10 atom stereocenters. The number of aromatic nitrogens is 6. The number of aliphatic hydroxyl groups excluding tert-OH is 2. The monoisotopic (exact) mass is 1100 g/mol. The molecule has 3 aromatic carbocycles. The van der Waals surface area contributed by atoms with Gasteiger partial charge in [-0.05, 0) is 47.0 Å². The quantitative estimate of drug-likeness (QED) is 0.0396. The Morgan fingerprint density at radius 3 is 2.16 bits per heavy atom. The molecule has 2 unspecified atom stereocenters. The van der Waals surface area contributed by atoms with Crippen molar-refractivity contribution in [3.63, 3.8) is 0 Å². The number of nitrogens with zero attached hydrogens (tertiary/aromatic N) is 7. The molecular formula is C45H49FN10O18P2. The molecular weight excluding hydrogens is 1050 g/mol. The van der Waals surface area contributed by atoms with Gasteiger partial charge in [0.2, 0.25) is 5.91 Å². The van der Waals surface area contributed by atoms with Crippen LogP contribution in [0.3, 0.4) is 0 Å². The molecule has 28 nitrogen and oxygen atoms in total. The molecule has 2 amide bonds. The lowest BCUT2D eigenvalue weighted by Gasteiger charge is -2.29. The van der Waals surface area contributed by atoms with E-state index >= 15 is 0 Å². The van der Waals surface area contributed by atoms with Gasteiger partial charge >= 0.3 is 33.4 Å². The number of ether oxygens (including phenoxy) is 4. The van der Waals surface area contributed by atoms with E-state index in [9.17, 15) is 57.6 Å². The van der Waals surface area contributed by atoms with Gasteiger partial charge in [0.25, 0.3) is 0 Å².